The van der Waals surface area contributed by atoms with Crippen LogP contribution in [0.4, 0.5) is 11.4 Å². The molecule has 0 bridgehead atoms. The Morgan fingerprint density at radius 3 is 2.60 bits per heavy atom. The van der Waals surface area contributed by atoms with Gasteiger partial charge in [-0.1, -0.05) is 6.07 Å². The first kappa shape index (κ1) is 16.5. The molecule has 5 nitrogen and oxygen atoms in total. The molecular formula is C15H26N4O. The van der Waals surface area contributed by atoms with Crippen LogP contribution in [-0.4, -0.2) is 56.5 Å². The summed E-state index contributed by atoms with van der Waals surface area (Å²) in [6.45, 7) is 2.84. The molecule has 3 N–H and O–H groups in total. The average Bonchev–Trinajstić information content (AvgIpc) is 2.36. The number of rotatable bonds is 8. The monoisotopic (exact) mass is 278 g/mol. The Balaban J connectivity index is 2.22. The van der Waals surface area contributed by atoms with E-state index in [4.69, 9.17) is 5.73 Å². The lowest BCUT2D eigenvalue weighted by atomic mass is 10.2. The number of anilines is 2. The second-order valence-corrected chi connectivity index (χ2v) is 5.38. The third-order valence-corrected chi connectivity index (χ3v) is 3.04. The van der Waals surface area contributed by atoms with Crippen molar-refractivity contribution in [3.05, 3.63) is 24.3 Å². The predicted molar refractivity (Wildman–Crippen MR) is 84.8 cm³/mol. The highest BCUT2D eigenvalue weighted by molar-refractivity contribution is 5.91. The Morgan fingerprint density at radius 1 is 1.20 bits per heavy atom. The van der Waals surface area contributed by atoms with E-state index in [0.717, 1.165) is 31.7 Å². The summed E-state index contributed by atoms with van der Waals surface area (Å²) in [5.74, 6) is 0.0232. The molecule has 0 aliphatic rings. The minimum Gasteiger partial charge on any atom is -0.399 e. The van der Waals surface area contributed by atoms with Gasteiger partial charge in [0.1, 0.15) is 0 Å². The molecule has 0 fully saturated rings. The quantitative estimate of drug-likeness (QED) is 0.707. The molecule has 0 aliphatic heterocycles. The summed E-state index contributed by atoms with van der Waals surface area (Å²) >= 11 is 0. The Bertz CT molecular complexity index is 420. The summed E-state index contributed by atoms with van der Waals surface area (Å²) in [6, 6.07) is 7.24. The number of benzene rings is 1. The van der Waals surface area contributed by atoms with E-state index in [1.54, 1.807) is 12.1 Å². The van der Waals surface area contributed by atoms with Gasteiger partial charge < -0.3 is 20.9 Å². The molecule has 5 heteroatoms. The summed E-state index contributed by atoms with van der Waals surface area (Å²) < 4.78 is 0. The van der Waals surface area contributed by atoms with Crippen molar-refractivity contribution in [3.8, 4) is 0 Å². The third kappa shape index (κ3) is 7.11. The van der Waals surface area contributed by atoms with Gasteiger partial charge in [-0.25, -0.2) is 0 Å². The molecule has 0 aliphatic carbocycles. The number of amides is 1. The summed E-state index contributed by atoms with van der Waals surface area (Å²) in [6.07, 6.45) is 1.60. The smallest absolute Gasteiger partial charge is 0.225 e. The number of nitrogens with one attached hydrogen (secondary N) is 1. The minimum atomic E-state index is 0.0232. The maximum absolute atomic E-state index is 11.8. The minimum absolute atomic E-state index is 0.0232. The highest BCUT2D eigenvalue weighted by Crippen LogP contribution is 2.11. The van der Waals surface area contributed by atoms with Gasteiger partial charge in [0.15, 0.2) is 0 Å². The van der Waals surface area contributed by atoms with E-state index in [2.05, 4.69) is 29.2 Å². The van der Waals surface area contributed by atoms with Gasteiger partial charge in [-0.3, -0.25) is 4.79 Å². The Morgan fingerprint density at radius 2 is 1.95 bits per heavy atom. The van der Waals surface area contributed by atoms with Gasteiger partial charge in [-0.15, -0.1) is 0 Å². The first-order valence-corrected chi connectivity index (χ1v) is 6.96. The van der Waals surface area contributed by atoms with Crippen LogP contribution in [-0.2, 0) is 4.79 Å². The lowest BCUT2D eigenvalue weighted by Gasteiger charge is -2.17. The number of hydrogen-bond donors (Lipinski definition) is 2. The molecule has 0 atom stereocenters. The molecule has 0 unspecified atom stereocenters. The summed E-state index contributed by atoms with van der Waals surface area (Å²) in [5, 5.41) is 2.86. The fraction of sp³-hybridized carbons (Fsp3) is 0.533. The van der Waals surface area contributed by atoms with Crippen LogP contribution in [0.1, 0.15) is 12.8 Å². The molecule has 0 saturated carbocycles. The Hall–Kier alpha value is -1.59. The molecule has 1 aromatic carbocycles. The number of carbonyl (C=O) groups excluding carboxylic acids is 1. The maximum atomic E-state index is 11.8. The van der Waals surface area contributed by atoms with E-state index in [1.165, 1.54) is 0 Å². The van der Waals surface area contributed by atoms with Crippen molar-refractivity contribution in [2.75, 3.05) is 51.8 Å². The topological polar surface area (TPSA) is 61.6 Å². The van der Waals surface area contributed by atoms with Gasteiger partial charge in [0.25, 0.3) is 0 Å². The maximum Gasteiger partial charge on any atom is 0.225 e. The molecule has 0 saturated heterocycles. The Kier molecular flexibility index (Phi) is 7.04. The zero-order valence-corrected chi connectivity index (χ0v) is 12.7. The molecule has 20 heavy (non-hydrogen) atoms. The van der Waals surface area contributed by atoms with Gasteiger partial charge in [0, 0.05) is 24.3 Å². The second kappa shape index (κ2) is 8.55. The average molecular weight is 278 g/mol. The summed E-state index contributed by atoms with van der Waals surface area (Å²) in [4.78, 5) is 16.2. The highest BCUT2D eigenvalue weighted by Gasteiger charge is 2.05. The lowest BCUT2D eigenvalue weighted by molar-refractivity contribution is -0.116. The molecule has 0 spiro atoms. The number of nitrogens with zero attached hydrogens (tertiary/aromatic N) is 2. The van der Waals surface area contributed by atoms with Crippen LogP contribution in [0.3, 0.4) is 0 Å². The van der Waals surface area contributed by atoms with E-state index >= 15 is 0 Å². The lowest BCUT2D eigenvalue weighted by Crippen LogP contribution is -2.27. The number of nitrogen functional groups attached to an aromatic ring is 1. The molecule has 0 radical (unpaired) electrons. The standard InChI is InChI=1S/C15H26N4O/c1-18(2)9-5-10-19(3)11-8-15(20)17-14-7-4-6-13(16)12-14/h4,6-7,12H,5,8-11,16H2,1-3H3,(H,17,20). The van der Waals surface area contributed by atoms with Crippen LogP contribution in [0.5, 0.6) is 0 Å². The van der Waals surface area contributed by atoms with Crippen LogP contribution in [0.25, 0.3) is 0 Å². The van der Waals surface area contributed by atoms with Crippen molar-refractivity contribution in [1.82, 2.24) is 9.80 Å². The van der Waals surface area contributed by atoms with E-state index in [1.807, 2.05) is 19.2 Å². The highest BCUT2D eigenvalue weighted by atomic mass is 16.1. The van der Waals surface area contributed by atoms with Crippen LogP contribution in [0, 0.1) is 0 Å². The molecular weight excluding hydrogens is 252 g/mol. The zero-order valence-electron chi connectivity index (χ0n) is 12.7. The largest absolute Gasteiger partial charge is 0.399 e. The molecule has 112 valence electrons. The van der Waals surface area contributed by atoms with Crippen LogP contribution < -0.4 is 11.1 Å². The molecule has 1 amide bonds. The summed E-state index contributed by atoms with van der Waals surface area (Å²) in [7, 11) is 6.18. The van der Waals surface area contributed by atoms with Crippen LogP contribution >= 0.6 is 0 Å². The van der Waals surface area contributed by atoms with Crippen molar-refractivity contribution in [2.24, 2.45) is 0 Å². The molecule has 1 rings (SSSR count). The first-order valence-electron chi connectivity index (χ1n) is 6.96. The van der Waals surface area contributed by atoms with Crippen molar-refractivity contribution >= 4 is 17.3 Å². The van der Waals surface area contributed by atoms with Crippen molar-refractivity contribution in [3.63, 3.8) is 0 Å². The second-order valence-electron chi connectivity index (χ2n) is 5.38. The first-order chi connectivity index (χ1) is 9.47. The van der Waals surface area contributed by atoms with Gasteiger partial charge >= 0.3 is 0 Å². The van der Waals surface area contributed by atoms with Gasteiger partial charge in [-0.05, 0) is 58.9 Å². The molecule has 0 heterocycles. The molecule has 0 aromatic heterocycles. The van der Waals surface area contributed by atoms with E-state index < -0.39 is 0 Å². The van der Waals surface area contributed by atoms with Gasteiger partial charge in [-0.2, -0.15) is 0 Å². The molecule has 1 aromatic rings. The van der Waals surface area contributed by atoms with E-state index in [0.29, 0.717) is 12.1 Å². The number of nitrogens with two attached hydrogens (primary N) is 1. The number of carbonyl (C=O) groups is 1. The van der Waals surface area contributed by atoms with Gasteiger partial charge in [0.05, 0.1) is 0 Å². The normalized spacial score (nSPS) is 11.1. The Labute approximate surface area is 121 Å². The van der Waals surface area contributed by atoms with Gasteiger partial charge in [0.2, 0.25) is 5.91 Å². The van der Waals surface area contributed by atoms with Crippen molar-refractivity contribution < 1.29 is 4.79 Å². The summed E-state index contributed by atoms with van der Waals surface area (Å²) in [5.41, 5.74) is 7.08. The fourth-order valence-electron chi connectivity index (χ4n) is 1.90. The third-order valence-electron chi connectivity index (χ3n) is 3.04. The fourth-order valence-corrected chi connectivity index (χ4v) is 1.90. The van der Waals surface area contributed by atoms with E-state index in [9.17, 15) is 4.79 Å². The van der Waals surface area contributed by atoms with E-state index in [-0.39, 0.29) is 5.91 Å². The van der Waals surface area contributed by atoms with Crippen LogP contribution in [0.15, 0.2) is 24.3 Å². The number of hydrogen-bond acceptors (Lipinski definition) is 4. The van der Waals surface area contributed by atoms with Crippen molar-refractivity contribution in [1.29, 1.82) is 0 Å². The SMILES string of the molecule is CN(C)CCCN(C)CCC(=O)Nc1cccc(N)c1. The van der Waals surface area contributed by atoms with Crippen LogP contribution in [0.2, 0.25) is 0 Å². The van der Waals surface area contributed by atoms with Crippen molar-refractivity contribution in [2.45, 2.75) is 12.8 Å². The predicted octanol–water partition coefficient (Wildman–Crippen LogP) is 1.48. The zero-order chi connectivity index (χ0) is 15.0.